The van der Waals surface area contributed by atoms with Crippen molar-refractivity contribution >= 4 is 5.97 Å². The highest BCUT2D eigenvalue weighted by Gasteiger charge is 1.96. The van der Waals surface area contributed by atoms with Gasteiger partial charge in [-0.1, -0.05) is 108 Å². The Bertz CT molecular complexity index is 400. The maximum absolute atomic E-state index is 10.4. The van der Waals surface area contributed by atoms with Crippen molar-refractivity contribution in [3.63, 3.8) is 0 Å². The molecule has 0 aliphatic carbocycles. The van der Waals surface area contributed by atoms with Crippen LogP contribution in [0.3, 0.4) is 0 Å². The van der Waals surface area contributed by atoms with Crippen molar-refractivity contribution in [3.05, 3.63) is 12.2 Å². The van der Waals surface area contributed by atoms with Crippen molar-refractivity contribution in [3.8, 4) is 11.8 Å². The average Bonchev–Trinajstić information content (AvgIpc) is 2.65. The lowest BCUT2D eigenvalue weighted by molar-refractivity contribution is -0.137. The zero-order valence-corrected chi connectivity index (χ0v) is 17.9. The van der Waals surface area contributed by atoms with E-state index in [1.165, 1.54) is 83.5 Å². The fourth-order valence-electron chi connectivity index (χ4n) is 3.22. The van der Waals surface area contributed by atoms with Gasteiger partial charge >= 0.3 is 5.97 Å². The third-order valence-electron chi connectivity index (χ3n) is 4.97. The van der Waals surface area contributed by atoms with E-state index in [0.29, 0.717) is 6.42 Å². The first-order chi connectivity index (χ1) is 13.3. The minimum absolute atomic E-state index is 0.316. The molecule has 0 bridgehead atoms. The molecule has 0 spiro atoms. The number of hydrogen-bond acceptors (Lipinski definition) is 1. The van der Waals surface area contributed by atoms with Crippen LogP contribution in [0.4, 0.5) is 0 Å². The Hall–Kier alpha value is -1.23. The van der Waals surface area contributed by atoms with Gasteiger partial charge < -0.3 is 5.11 Å². The van der Waals surface area contributed by atoms with Crippen molar-refractivity contribution in [2.45, 2.75) is 129 Å². The smallest absolute Gasteiger partial charge is 0.303 e. The summed E-state index contributed by atoms with van der Waals surface area (Å²) >= 11 is 0. The number of carboxylic acids is 1. The molecule has 0 unspecified atom stereocenters. The van der Waals surface area contributed by atoms with Gasteiger partial charge in [0.1, 0.15) is 0 Å². The number of aliphatic carboxylic acids is 1. The van der Waals surface area contributed by atoms with Gasteiger partial charge in [0.15, 0.2) is 0 Å². The summed E-state index contributed by atoms with van der Waals surface area (Å²) in [6, 6.07) is 0. The second-order valence-electron chi connectivity index (χ2n) is 7.71. The zero-order chi connectivity index (χ0) is 19.8. The molecule has 0 aromatic rings. The molecule has 0 fully saturated rings. The minimum Gasteiger partial charge on any atom is -0.481 e. The van der Waals surface area contributed by atoms with Crippen LogP contribution >= 0.6 is 0 Å². The third kappa shape index (κ3) is 24.8. The van der Waals surface area contributed by atoms with Crippen molar-refractivity contribution in [1.29, 1.82) is 0 Å². The standard InChI is InChI=1S/C25H44O2/c1-2-3-4-5-6-7-8-9-10-11-12-13-14-15-16-17-18-19-20-21-22-23-24-25(26)27/h13-14H,2-12,17-24H2,1H3,(H,26,27)/b14-13+. The summed E-state index contributed by atoms with van der Waals surface area (Å²) in [5.41, 5.74) is 0. The van der Waals surface area contributed by atoms with Crippen molar-refractivity contribution in [2.75, 3.05) is 0 Å². The molecular weight excluding hydrogens is 332 g/mol. The van der Waals surface area contributed by atoms with Crippen LogP contribution in [0.15, 0.2) is 12.2 Å². The largest absolute Gasteiger partial charge is 0.481 e. The summed E-state index contributed by atoms with van der Waals surface area (Å²) in [6.45, 7) is 2.28. The topological polar surface area (TPSA) is 37.3 Å². The lowest BCUT2D eigenvalue weighted by Gasteiger charge is -2.01. The Kier molecular flexibility index (Phi) is 21.8. The second-order valence-corrected chi connectivity index (χ2v) is 7.71. The highest BCUT2D eigenvalue weighted by molar-refractivity contribution is 5.66. The highest BCUT2D eigenvalue weighted by Crippen LogP contribution is 2.11. The number of unbranched alkanes of at least 4 members (excludes halogenated alkanes) is 16. The monoisotopic (exact) mass is 376 g/mol. The molecule has 0 saturated heterocycles. The summed E-state index contributed by atoms with van der Waals surface area (Å²) in [7, 11) is 0. The summed E-state index contributed by atoms with van der Waals surface area (Å²) in [4.78, 5) is 10.4. The van der Waals surface area contributed by atoms with E-state index in [0.717, 1.165) is 32.1 Å². The fraction of sp³-hybridized carbons (Fsp3) is 0.800. The quantitative estimate of drug-likeness (QED) is 0.183. The van der Waals surface area contributed by atoms with Crippen LogP contribution in [-0.4, -0.2) is 11.1 Å². The van der Waals surface area contributed by atoms with Crippen LogP contribution in [0, 0.1) is 11.8 Å². The molecule has 0 radical (unpaired) electrons. The molecule has 156 valence electrons. The van der Waals surface area contributed by atoms with Gasteiger partial charge in [-0.15, -0.1) is 0 Å². The Balaban J connectivity index is 3.21. The van der Waals surface area contributed by atoms with Crippen LogP contribution in [-0.2, 0) is 4.79 Å². The summed E-state index contributed by atoms with van der Waals surface area (Å²) in [5.74, 6) is 5.70. The van der Waals surface area contributed by atoms with E-state index in [-0.39, 0.29) is 0 Å². The van der Waals surface area contributed by atoms with Gasteiger partial charge in [-0.3, -0.25) is 4.79 Å². The lowest BCUT2D eigenvalue weighted by Crippen LogP contribution is -1.93. The first-order valence-corrected chi connectivity index (χ1v) is 11.6. The van der Waals surface area contributed by atoms with Gasteiger partial charge in [0.2, 0.25) is 0 Å². The van der Waals surface area contributed by atoms with E-state index in [1.807, 2.05) is 6.08 Å². The SMILES string of the molecule is CCCCCCCCCCCC/C=C/C#CCCCCCCCCC(=O)O. The number of allylic oxidation sites excluding steroid dienone is 2. The van der Waals surface area contributed by atoms with E-state index in [9.17, 15) is 4.79 Å². The van der Waals surface area contributed by atoms with Crippen LogP contribution in [0.2, 0.25) is 0 Å². The molecule has 2 heteroatoms. The highest BCUT2D eigenvalue weighted by atomic mass is 16.4. The molecule has 0 rings (SSSR count). The normalized spacial score (nSPS) is 10.9. The van der Waals surface area contributed by atoms with Crippen molar-refractivity contribution < 1.29 is 9.90 Å². The average molecular weight is 377 g/mol. The molecule has 0 aliphatic heterocycles. The maximum Gasteiger partial charge on any atom is 0.303 e. The second kappa shape index (κ2) is 22.8. The minimum atomic E-state index is -0.675. The lowest BCUT2D eigenvalue weighted by atomic mass is 10.1. The predicted molar refractivity (Wildman–Crippen MR) is 118 cm³/mol. The fourth-order valence-corrected chi connectivity index (χ4v) is 3.22. The first-order valence-electron chi connectivity index (χ1n) is 11.6. The Labute approximate surface area is 169 Å². The van der Waals surface area contributed by atoms with Gasteiger partial charge in [0.05, 0.1) is 0 Å². The molecule has 0 aromatic heterocycles. The van der Waals surface area contributed by atoms with Crippen LogP contribution < -0.4 is 0 Å². The predicted octanol–water partition coefficient (Wildman–Crippen LogP) is 8.06. The Morgan fingerprint density at radius 2 is 1.26 bits per heavy atom. The molecule has 1 N–H and O–H groups in total. The number of hydrogen-bond donors (Lipinski definition) is 1. The Morgan fingerprint density at radius 3 is 1.85 bits per heavy atom. The van der Waals surface area contributed by atoms with Gasteiger partial charge in [0, 0.05) is 12.8 Å². The third-order valence-corrected chi connectivity index (χ3v) is 4.97. The van der Waals surface area contributed by atoms with E-state index in [4.69, 9.17) is 5.11 Å². The van der Waals surface area contributed by atoms with Gasteiger partial charge in [-0.05, 0) is 31.8 Å². The molecule has 0 aromatic carbocycles. The molecule has 2 nitrogen and oxygen atoms in total. The number of carboxylic acid groups (broad SMARTS) is 1. The van der Waals surface area contributed by atoms with E-state index in [2.05, 4.69) is 24.8 Å². The van der Waals surface area contributed by atoms with Crippen molar-refractivity contribution in [1.82, 2.24) is 0 Å². The summed E-state index contributed by atoms with van der Waals surface area (Å²) in [6.07, 6.45) is 27.2. The van der Waals surface area contributed by atoms with Gasteiger partial charge in [0.25, 0.3) is 0 Å². The first kappa shape index (κ1) is 25.8. The molecular formula is C25H44O2. The van der Waals surface area contributed by atoms with Crippen LogP contribution in [0.1, 0.15) is 129 Å². The number of carbonyl (C=O) groups is 1. The van der Waals surface area contributed by atoms with Gasteiger partial charge in [-0.25, -0.2) is 0 Å². The van der Waals surface area contributed by atoms with E-state index in [1.54, 1.807) is 0 Å². The van der Waals surface area contributed by atoms with Crippen molar-refractivity contribution in [2.24, 2.45) is 0 Å². The molecule has 0 amide bonds. The molecule has 27 heavy (non-hydrogen) atoms. The maximum atomic E-state index is 10.4. The molecule has 0 saturated carbocycles. The van der Waals surface area contributed by atoms with Gasteiger partial charge in [-0.2, -0.15) is 0 Å². The molecule has 0 atom stereocenters. The van der Waals surface area contributed by atoms with E-state index < -0.39 is 5.97 Å². The summed E-state index contributed by atoms with van der Waals surface area (Å²) in [5, 5.41) is 8.56. The molecule has 0 heterocycles. The van der Waals surface area contributed by atoms with E-state index >= 15 is 0 Å². The number of rotatable bonds is 19. The zero-order valence-electron chi connectivity index (χ0n) is 17.9. The van der Waals surface area contributed by atoms with Crippen LogP contribution in [0.25, 0.3) is 0 Å². The molecule has 0 aliphatic rings. The Morgan fingerprint density at radius 1 is 0.741 bits per heavy atom. The van der Waals surface area contributed by atoms with Crippen LogP contribution in [0.5, 0.6) is 0 Å². The summed E-state index contributed by atoms with van der Waals surface area (Å²) < 4.78 is 0.